The van der Waals surface area contributed by atoms with Crippen LogP contribution in [0.15, 0.2) is 42.5 Å². The Balaban J connectivity index is 1.83. The summed E-state index contributed by atoms with van der Waals surface area (Å²) in [5, 5.41) is 9.82. The number of benzene rings is 1. The molecule has 1 aliphatic heterocycles. The first-order chi connectivity index (χ1) is 7.74. The van der Waals surface area contributed by atoms with Crippen LogP contribution < -0.4 is 0 Å². The van der Waals surface area contributed by atoms with Gasteiger partial charge in [-0.15, -0.1) is 0 Å². The van der Waals surface area contributed by atoms with E-state index >= 15 is 0 Å². The summed E-state index contributed by atoms with van der Waals surface area (Å²) in [6.45, 7) is 0. The third-order valence-electron chi connectivity index (χ3n) is 2.53. The van der Waals surface area contributed by atoms with Gasteiger partial charge in [-0.1, -0.05) is 30.3 Å². The van der Waals surface area contributed by atoms with E-state index in [1.165, 1.54) is 6.08 Å². The van der Waals surface area contributed by atoms with Crippen molar-refractivity contribution >= 4 is 5.97 Å². The van der Waals surface area contributed by atoms with Crippen molar-refractivity contribution in [2.24, 2.45) is 0 Å². The van der Waals surface area contributed by atoms with Crippen molar-refractivity contribution < 1.29 is 14.6 Å². The van der Waals surface area contributed by atoms with Gasteiger partial charge < -0.3 is 9.84 Å². The molecule has 84 valence electrons. The SMILES string of the molecule is O=C1C=C[C@H](C[C@@H](O)Cc2ccccc2)O1. The molecule has 0 saturated heterocycles. The second-order valence-electron chi connectivity index (χ2n) is 3.91. The van der Waals surface area contributed by atoms with Gasteiger partial charge in [0.2, 0.25) is 0 Å². The number of ether oxygens (including phenoxy) is 1. The Morgan fingerprint density at radius 2 is 2.06 bits per heavy atom. The summed E-state index contributed by atoms with van der Waals surface area (Å²) in [6, 6.07) is 9.77. The first kappa shape index (κ1) is 10.9. The number of hydrogen-bond donors (Lipinski definition) is 1. The summed E-state index contributed by atoms with van der Waals surface area (Å²) in [5.41, 5.74) is 1.09. The van der Waals surface area contributed by atoms with E-state index in [0.29, 0.717) is 12.8 Å². The van der Waals surface area contributed by atoms with Crippen molar-refractivity contribution in [2.45, 2.75) is 25.0 Å². The van der Waals surface area contributed by atoms with E-state index in [2.05, 4.69) is 0 Å². The van der Waals surface area contributed by atoms with Crippen LogP contribution in [-0.2, 0) is 16.0 Å². The largest absolute Gasteiger partial charge is 0.455 e. The van der Waals surface area contributed by atoms with E-state index in [0.717, 1.165) is 5.56 Å². The van der Waals surface area contributed by atoms with Crippen LogP contribution in [0.5, 0.6) is 0 Å². The summed E-state index contributed by atoms with van der Waals surface area (Å²) in [4.78, 5) is 10.8. The standard InChI is InChI=1S/C13H14O3/c14-11(8-10-4-2-1-3-5-10)9-12-6-7-13(15)16-12/h1-7,11-12,14H,8-9H2/t11-,12+/m0/s1. The number of carbonyl (C=O) groups is 1. The maximum Gasteiger partial charge on any atom is 0.331 e. The molecule has 2 rings (SSSR count). The zero-order chi connectivity index (χ0) is 11.4. The summed E-state index contributed by atoms with van der Waals surface area (Å²) < 4.78 is 4.96. The van der Waals surface area contributed by atoms with Gasteiger partial charge in [-0.05, 0) is 18.1 Å². The molecule has 0 aromatic heterocycles. The molecule has 16 heavy (non-hydrogen) atoms. The topological polar surface area (TPSA) is 46.5 Å². The van der Waals surface area contributed by atoms with Crippen molar-refractivity contribution in [3.05, 3.63) is 48.0 Å². The Morgan fingerprint density at radius 1 is 1.31 bits per heavy atom. The molecule has 1 heterocycles. The van der Waals surface area contributed by atoms with E-state index in [-0.39, 0.29) is 12.1 Å². The van der Waals surface area contributed by atoms with Gasteiger partial charge in [0.15, 0.2) is 0 Å². The summed E-state index contributed by atoms with van der Waals surface area (Å²) in [5.74, 6) is -0.322. The number of rotatable bonds is 4. The van der Waals surface area contributed by atoms with Gasteiger partial charge in [-0.2, -0.15) is 0 Å². The van der Waals surface area contributed by atoms with Gasteiger partial charge in [-0.3, -0.25) is 0 Å². The molecule has 0 bridgehead atoms. The lowest BCUT2D eigenvalue weighted by molar-refractivity contribution is -0.139. The van der Waals surface area contributed by atoms with E-state index in [1.807, 2.05) is 30.3 Å². The zero-order valence-corrected chi connectivity index (χ0v) is 8.87. The van der Waals surface area contributed by atoms with E-state index in [4.69, 9.17) is 4.74 Å². The number of esters is 1. The molecule has 0 aliphatic carbocycles. The quantitative estimate of drug-likeness (QED) is 0.778. The predicted octanol–water partition coefficient (Wildman–Crippen LogP) is 1.46. The minimum atomic E-state index is -0.483. The summed E-state index contributed by atoms with van der Waals surface area (Å²) in [7, 11) is 0. The van der Waals surface area contributed by atoms with Gasteiger partial charge >= 0.3 is 5.97 Å². The van der Waals surface area contributed by atoms with Gasteiger partial charge in [0, 0.05) is 12.5 Å². The highest BCUT2D eigenvalue weighted by atomic mass is 16.5. The van der Waals surface area contributed by atoms with Gasteiger partial charge in [0.1, 0.15) is 6.10 Å². The molecule has 2 atom stereocenters. The Labute approximate surface area is 94.4 Å². The maximum atomic E-state index is 10.8. The van der Waals surface area contributed by atoms with Gasteiger partial charge in [0.25, 0.3) is 0 Å². The fraction of sp³-hybridized carbons (Fsp3) is 0.308. The lowest BCUT2D eigenvalue weighted by Crippen LogP contribution is -2.19. The minimum absolute atomic E-state index is 0.272. The fourth-order valence-corrected chi connectivity index (χ4v) is 1.78. The van der Waals surface area contributed by atoms with Crippen molar-refractivity contribution in [1.29, 1.82) is 0 Å². The molecule has 3 nitrogen and oxygen atoms in total. The van der Waals surface area contributed by atoms with E-state index in [1.54, 1.807) is 6.08 Å². The van der Waals surface area contributed by atoms with Crippen molar-refractivity contribution in [3.8, 4) is 0 Å². The van der Waals surface area contributed by atoms with Crippen molar-refractivity contribution in [2.75, 3.05) is 0 Å². The summed E-state index contributed by atoms with van der Waals surface area (Å²) in [6.07, 6.45) is 3.38. The number of aliphatic hydroxyl groups is 1. The molecule has 1 aromatic rings. The first-order valence-corrected chi connectivity index (χ1v) is 5.35. The van der Waals surface area contributed by atoms with Gasteiger partial charge in [0.05, 0.1) is 6.10 Å². The highest BCUT2D eigenvalue weighted by Crippen LogP contribution is 2.14. The second-order valence-corrected chi connectivity index (χ2v) is 3.91. The number of aliphatic hydroxyl groups excluding tert-OH is 1. The Kier molecular flexibility index (Phi) is 3.37. The lowest BCUT2D eigenvalue weighted by Gasteiger charge is -2.14. The molecule has 0 fully saturated rings. The van der Waals surface area contributed by atoms with E-state index < -0.39 is 6.10 Å². The molecule has 1 aliphatic rings. The molecule has 0 unspecified atom stereocenters. The lowest BCUT2D eigenvalue weighted by atomic mass is 10.0. The van der Waals surface area contributed by atoms with Crippen LogP contribution in [0.2, 0.25) is 0 Å². The third-order valence-corrected chi connectivity index (χ3v) is 2.53. The van der Waals surface area contributed by atoms with Crippen LogP contribution in [0.4, 0.5) is 0 Å². The fourth-order valence-electron chi connectivity index (χ4n) is 1.78. The minimum Gasteiger partial charge on any atom is -0.455 e. The van der Waals surface area contributed by atoms with Crippen LogP contribution in [0.3, 0.4) is 0 Å². The molecule has 0 amide bonds. The zero-order valence-electron chi connectivity index (χ0n) is 8.87. The van der Waals surface area contributed by atoms with Crippen LogP contribution in [0.1, 0.15) is 12.0 Å². The average molecular weight is 218 g/mol. The average Bonchev–Trinajstić information content (AvgIpc) is 2.65. The Bertz CT molecular complexity index is 383. The molecule has 0 saturated carbocycles. The molecule has 0 radical (unpaired) electrons. The van der Waals surface area contributed by atoms with E-state index in [9.17, 15) is 9.90 Å². The van der Waals surface area contributed by atoms with Crippen LogP contribution in [-0.4, -0.2) is 23.3 Å². The van der Waals surface area contributed by atoms with Crippen LogP contribution in [0.25, 0.3) is 0 Å². The molecule has 0 spiro atoms. The number of hydrogen-bond acceptors (Lipinski definition) is 3. The summed E-state index contributed by atoms with van der Waals surface area (Å²) >= 11 is 0. The monoisotopic (exact) mass is 218 g/mol. The molecular formula is C13H14O3. The van der Waals surface area contributed by atoms with Crippen molar-refractivity contribution in [1.82, 2.24) is 0 Å². The molecular weight excluding hydrogens is 204 g/mol. The van der Waals surface area contributed by atoms with Crippen LogP contribution in [0, 0.1) is 0 Å². The molecule has 1 aromatic carbocycles. The maximum absolute atomic E-state index is 10.8. The number of cyclic esters (lactones) is 1. The normalized spacial score (nSPS) is 20.8. The third kappa shape index (κ3) is 2.94. The van der Waals surface area contributed by atoms with Crippen LogP contribution >= 0.6 is 0 Å². The van der Waals surface area contributed by atoms with Crippen molar-refractivity contribution in [3.63, 3.8) is 0 Å². The second kappa shape index (κ2) is 4.94. The number of carbonyl (C=O) groups excluding carboxylic acids is 1. The Hall–Kier alpha value is -1.61. The van der Waals surface area contributed by atoms with Gasteiger partial charge in [-0.25, -0.2) is 4.79 Å². The molecule has 1 N–H and O–H groups in total. The highest BCUT2D eigenvalue weighted by Gasteiger charge is 2.20. The molecule has 3 heteroatoms. The Morgan fingerprint density at radius 3 is 2.69 bits per heavy atom. The highest BCUT2D eigenvalue weighted by molar-refractivity contribution is 5.84. The first-order valence-electron chi connectivity index (χ1n) is 5.35. The smallest absolute Gasteiger partial charge is 0.331 e. The predicted molar refractivity (Wildman–Crippen MR) is 59.8 cm³/mol.